The van der Waals surface area contributed by atoms with E-state index in [1.54, 1.807) is 0 Å². The maximum absolute atomic E-state index is 4.84. The molecule has 1 aromatic rings. The number of thiazole rings is 1. The van der Waals surface area contributed by atoms with E-state index in [4.69, 9.17) is 4.98 Å². The second-order valence-electron chi connectivity index (χ2n) is 4.91. The fraction of sp³-hybridized carbons (Fsp3) is 0.750. The van der Waals surface area contributed by atoms with Gasteiger partial charge in [0.15, 0.2) is 0 Å². The Morgan fingerprint density at radius 1 is 1.40 bits per heavy atom. The zero-order valence-corrected chi connectivity index (χ0v) is 10.1. The van der Waals surface area contributed by atoms with Crippen LogP contribution >= 0.6 is 11.3 Å². The lowest BCUT2D eigenvalue weighted by Crippen LogP contribution is -2.43. The van der Waals surface area contributed by atoms with E-state index in [0.717, 1.165) is 11.8 Å². The summed E-state index contributed by atoms with van der Waals surface area (Å²) in [5, 5.41) is 4.75. The third kappa shape index (κ3) is 1.83. The van der Waals surface area contributed by atoms with Crippen molar-refractivity contribution in [2.45, 2.75) is 38.5 Å². The van der Waals surface area contributed by atoms with Crippen LogP contribution in [0.15, 0.2) is 0 Å². The summed E-state index contributed by atoms with van der Waals surface area (Å²) in [7, 11) is 0. The van der Waals surface area contributed by atoms with Crippen molar-refractivity contribution in [3.63, 3.8) is 0 Å². The molecule has 0 aromatic carbocycles. The monoisotopic (exact) mass is 222 g/mol. The number of aromatic nitrogens is 1. The van der Waals surface area contributed by atoms with E-state index < -0.39 is 0 Å². The summed E-state index contributed by atoms with van der Waals surface area (Å²) < 4.78 is 0. The Balaban J connectivity index is 1.72. The van der Waals surface area contributed by atoms with Gasteiger partial charge >= 0.3 is 0 Å². The van der Waals surface area contributed by atoms with Gasteiger partial charge in [0.2, 0.25) is 0 Å². The Kier molecular flexibility index (Phi) is 2.53. The van der Waals surface area contributed by atoms with Crippen molar-refractivity contribution in [1.29, 1.82) is 0 Å². The molecule has 15 heavy (non-hydrogen) atoms. The molecular weight excluding hydrogens is 204 g/mol. The first kappa shape index (κ1) is 9.79. The molecule has 1 aliphatic heterocycles. The first-order valence-corrected chi connectivity index (χ1v) is 6.81. The highest BCUT2D eigenvalue weighted by molar-refractivity contribution is 7.11. The lowest BCUT2D eigenvalue weighted by atomic mass is 9.86. The highest BCUT2D eigenvalue weighted by Gasteiger charge is 2.25. The standard InChI is InChI=1S/C12H18N2S/c1-8-11(5-9-6-13-7-9)14-12(15-8)10-3-2-4-10/h9-10,13H,2-7H2,1H3. The van der Waals surface area contributed by atoms with Crippen LogP contribution in [0.4, 0.5) is 0 Å². The quantitative estimate of drug-likeness (QED) is 0.850. The van der Waals surface area contributed by atoms with Crippen molar-refractivity contribution < 1.29 is 0 Å². The van der Waals surface area contributed by atoms with Crippen LogP contribution in [-0.4, -0.2) is 18.1 Å². The average molecular weight is 222 g/mol. The molecule has 0 amide bonds. The summed E-state index contributed by atoms with van der Waals surface area (Å²) in [5.41, 5.74) is 1.38. The number of nitrogens with one attached hydrogen (secondary N) is 1. The third-order valence-corrected chi connectivity index (χ3v) is 4.89. The molecule has 1 aromatic heterocycles. The van der Waals surface area contributed by atoms with E-state index in [0.29, 0.717) is 0 Å². The van der Waals surface area contributed by atoms with E-state index in [-0.39, 0.29) is 0 Å². The van der Waals surface area contributed by atoms with Gasteiger partial charge in [-0.2, -0.15) is 0 Å². The molecule has 1 saturated heterocycles. The van der Waals surface area contributed by atoms with Gasteiger partial charge in [0, 0.05) is 10.8 Å². The number of rotatable bonds is 3. The fourth-order valence-electron chi connectivity index (χ4n) is 2.24. The Morgan fingerprint density at radius 3 is 2.73 bits per heavy atom. The molecule has 3 rings (SSSR count). The molecule has 0 bridgehead atoms. The molecular formula is C12H18N2S. The predicted molar refractivity (Wildman–Crippen MR) is 63.5 cm³/mol. The van der Waals surface area contributed by atoms with Crippen molar-refractivity contribution in [3.05, 3.63) is 15.6 Å². The zero-order valence-electron chi connectivity index (χ0n) is 9.25. The molecule has 2 nitrogen and oxygen atoms in total. The Bertz CT molecular complexity index is 351. The first-order valence-electron chi connectivity index (χ1n) is 6.00. The van der Waals surface area contributed by atoms with Gasteiger partial charge in [0.05, 0.1) is 10.7 Å². The minimum Gasteiger partial charge on any atom is -0.316 e. The molecule has 0 unspecified atom stereocenters. The van der Waals surface area contributed by atoms with Gasteiger partial charge in [-0.1, -0.05) is 6.42 Å². The lowest BCUT2D eigenvalue weighted by Gasteiger charge is -2.26. The van der Waals surface area contributed by atoms with Gasteiger partial charge in [-0.05, 0) is 45.2 Å². The van der Waals surface area contributed by atoms with Crippen LogP contribution in [0.5, 0.6) is 0 Å². The number of aryl methyl sites for hydroxylation is 1. The SMILES string of the molecule is Cc1sc(C2CCC2)nc1CC1CNC1. The molecule has 3 heteroatoms. The predicted octanol–water partition coefficient (Wildman–Crippen LogP) is 2.48. The minimum absolute atomic E-state index is 0.807. The summed E-state index contributed by atoms with van der Waals surface area (Å²) >= 11 is 1.94. The molecule has 1 aliphatic carbocycles. The number of nitrogens with zero attached hydrogens (tertiary/aromatic N) is 1. The largest absolute Gasteiger partial charge is 0.316 e. The van der Waals surface area contributed by atoms with Gasteiger partial charge in [0.25, 0.3) is 0 Å². The maximum atomic E-state index is 4.84. The average Bonchev–Trinajstić information content (AvgIpc) is 2.37. The fourth-order valence-corrected chi connectivity index (χ4v) is 3.35. The Labute approximate surface area is 95.1 Å². The molecule has 1 saturated carbocycles. The van der Waals surface area contributed by atoms with Crippen molar-refractivity contribution in [2.24, 2.45) is 5.92 Å². The van der Waals surface area contributed by atoms with Gasteiger partial charge in [-0.25, -0.2) is 4.98 Å². The van der Waals surface area contributed by atoms with Crippen LogP contribution in [0.3, 0.4) is 0 Å². The molecule has 0 spiro atoms. The van der Waals surface area contributed by atoms with Crippen molar-refractivity contribution >= 4 is 11.3 Å². The van der Waals surface area contributed by atoms with Crippen molar-refractivity contribution in [3.8, 4) is 0 Å². The molecule has 2 heterocycles. The van der Waals surface area contributed by atoms with Crippen LogP contribution in [0.2, 0.25) is 0 Å². The van der Waals surface area contributed by atoms with E-state index in [1.165, 1.54) is 54.4 Å². The molecule has 1 N–H and O–H groups in total. The molecule has 0 radical (unpaired) electrons. The van der Waals surface area contributed by atoms with Crippen molar-refractivity contribution in [2.75, 3.05) is 13.1 Å². The minimum atomic E-state index is 0.807. The summed E-state index contributed by atoms with van der Waals surface area (Å²) in [5.74, 6) is 1.65. The van der Waals surface area contributed by atoms with Crippen LogP contribution in [0.25, 0.3) is 0 Å². The second kappa shape index (κ2) is 3.87. The smallest absolute Gasteiger partial charge is 0.0961 e. The van der Waals surface area contributed by atoms with E-state index in [1.807, 2.05) is 11.3 Å². The normalized spacial score (nSPS) is 22.5. The molecule has 2 fully saturated rings. The van der Waals surface area contributed by atoms with Crippen molar-refractivity contribution in [1.82, 2.24) is 10.3 Å². The molecule has 0 atom stereocenters. The summed E-state index contributed by atoms with van der Waals surface area (Å²) in [4.78, 5) is 6.31. The Hall–Kier alpha value is -0.410. The summed E-state index contributed by atoms with van der Waals surface area (Å²) in [6.45, 7) is 4.62. The van der Waals surface area contributed by atoms with Gasteiger partial charge < -0.3 is 5.32 Å². The molecule has 2 aliphatic rings. The highest BCUT2D eigenvalue weighted by atomic mass is 32.1. The Morgan fingerprint density at radius 2 is 2.20 bits per heavy atom. The summed E-state index contributed by atoms with van der Waals surface area (Å²) in [6.07, 6.45) is 5.35. The van der Waals surface area contributed by atoms with Crippen LogP contribution in [0, 0.1) is 12.8 Å². The van der Waals surface area contributed by atoms with Gasteiger partial charge in [0.1, 0.15) is 0 Å². The molecule has 82 valence electrons. The maximum Gasteiger partial charge on any atom is 0.0961 e. The van der Waals surface area contributed by atoms with Gasteiger partial charge in [-0.15, -0.1) is 11.3 Å². The number of hydrogen-bond acceptors (Lipinski definition) is 3. The van der Waals surface area contributed by atoms with E-state index >= 15 is 0 Å². The van der Waals surface area contributed by atoms with Crippen LogP contribution in [0.1, 0.15) is 40.8 Å². The third-order valence-electron chi connectivity index (χ3n) is 3.71. The van der Waals surface area contributed by atoms with Crippen LogP contribution in [-0.2, 0) is 6.42 Å². The van der Waals surface area contributed by atoms with E-state index in [9.17, 15) is 0 Å². The number of hydrogen-bond donors (Lipinski definition) is 1. The highest BCUT2D eigenvalue weighted by Crippen LogP contribution is 2.39. The zero-order chi connectivity index (χ0) is 10.3. The van der Waals surface area contributed by atoms with Crippen LogP contribution < -0.4 is 5.32 Å². The topological polar surface area (TPSA) is 24.9 Å². The lowest BCUT2D eigenvalue weighted by molar-refractivity contribution is 0.343. The second-order valence-corrected chi connectivity index (χ2v) is 6.15. The first-order chi connectivity index (χ1) is 7.33. The van der Waals surface area contributed by atoms with E-state index in [2.05, 4.69) is 12.2 Å². The summed E-state index contributed by atoms with van der Waals surface area (Å²) in [6, 6.07) is 0. The van der Waals surface area contributed by atoms with Gasteiger partial charge in [-0.3, -0.25) is 0 Å².